The maximum Gasteiger partial charge on any atom is 0.265 e. The zero-order chi connectivity index (χ0) is 17.2. The van der Waals surface area contributed by atoms with Crippen LogP contribution in [0.15, 0.2) is 39.7 Å². The van der Waals surface area contributed by atoms with E-state index in [1.807, 2.05) is 13.0 Å². The number of hydrogen-bond donors (Lipinski definition) is 1. The minimum absolute atomic E-state index is 0.0523. The monoisotopic (exact) mass is 419 g/mol. The van der Waals surface area contributed by atoms with E-state index in [1.165, 1.54) is 26.4 Å². The zero-order valence-corrected chi connectivity index (χ0v) is 15.8. The summed E-state index contributed by atoms with van der Waals surface area (Å²) in [5.41, 5.74) is 1.26. The summed E-state index contributed by atoms with van der Waals surface area (Å²) in [6.07, 6.45) is 0. The van der Waals surface area contributed by atoms with Gasteiger partial charge in [0.1, 0.15) is 16.4 Å². The second-order valence-corrected chi connectivity index (χ2v) is 7.68. The van der Waals surface area contributed by atoms with Crippen molar-refractivity contribution < 1.29 is 17.9 Å². The maximum atomic E-state index is 12.7. The first-order valence-corrected chi connectivity index (χ1v) is 9.14. The normalized spacial score (nSPS) is 11.2. The molecule has 2 aromatic carbocycles. The molecule has 0 amide bonds. The fraction of sp³-hybridized carbons (Fsp3) is 0.200. The molecule has 1 N–H and O–H groups in total. The molecule has 23 heavy (non-hydrogen) atoms. The highest BCUT2D eigenvalue weighted by atomic mass is 79.9. The number of hydrogen-bond acceptors (Lipinski definition) is 4. The molecule has 0 unspecified atom stereocenters. The van der Waals surface area contributed by atoms with Crippen molar-refractivity contribution in [1.29, 1.82) is 0 Å². The first kappa shape index (κ1) is 17.9. The number of sulfonamides is 1. The molecule has 0 atom stereocenters. The van der Waals surface area contributed by atoms with E-state index in [4.69, 9.17) is 21.1 Å². The minimum Gasteiger partial charge on any atom is -0.495 e. The Balaban J connectivity index is 2.50. The number of ether oxygens (including phenoxy) is 2. The van der Waals surface area contributed by atoms with Crippen LogP contribution in [0.3, 0.4) is 0 Å². The molecule has 0 aromatic heterocycles. The number of halogens is 2. The third-order valence-electron chi connectivity index (χ3n) is 3.16. The van der Waals surface area contributed by atoms with Crippen molar-refractivity contribution in [1.82, 2.24) is 0 Å². The topological polar surface area (TPSA) is 64.6 Å². The van der Waals surface area contributed by atoms with E-state index in [0.717, 1.165) is 10.0 Å². The molecule has 2 rings (SSSR count). The van der Waals surface area contributed by atoms with Crippen LogP contribution in [0.25, 0.3) is 0 Å². The van der Waals surface area contributed by atoms with Gasteiger partial charge in [-0.25, -0.2) is 8.42 Å². The average molecular weight is 421 g/mol. The molecule has 0 saturated heterocycles. The summed E-state index contributed by atoms with van der Waals surface area (Å²) in [4.78, 5) is -0.0523. The molecule has 124 valence electrons. The Bertz CT molecular complexity index is 840. The summed E-state index contributed by atoms with van der Waals surface area (Å²) in [5, 5.41) is 0.267. The lowest BCUT2D eigenvalue weighted by Crippen LogP contribution is -2.15. The first-order chi connectivity index (χ1) is 10.8. The summed E-state index contributed by atoms with van der Waals surface area (Å²) >= 11 is 9.35. The van der Waals surface area contributed by atoms with E-state index in [-0.39, 0.29) is 21.4 Å². The minimum atomic E-state index is -3.87. The Morgan fingerprint density at radius 3 is 2.30 bits per heavy atom. The van der Waals surface area contributed by atoms with E-state index in [0.29, 0.717) is 5.69 Å². The summed E-state index contributed by atoms with van der Waals surface area (Å²) < 4.78 is 39.0. The highest BCUT2D eigenvalue weighted by Gasteiger charge is 2.23. The summed E-state index contributed by atoms with van der Waals surface area (Å²) in [6.45, 7) is 1.81. The predicted octanol–water partition coefficient (Wildman–Crippen LogP) is 4.23. The van der Waals surface area contributed by atoms with Gasteiger partial charge in [-0.05, 0) is 30.7 Å². The lowest BCUT2D eigenvalue weighted by atomic mass is 10.2. The first-order valence-electron chi connectivity index (χ1n) is 6.49. The molecule has 0 aliphatic heterocycles. The summed E-state index contributed by atoms with van der Waals surface area (Å²) in [6, 6.07) is 7.99. The van der Waals surface area contributed by atoms with E-state index >= 15 is 0 Å². The van der Waals surface area contributed by atoms with Crippen LogP contribution in [0.5, 0.6) is 11.5 Å². The molecule has 0 aliphatic carbocycles. The van der Waals surface area contributed by atoms with Gasteiger partial charge in [-0.15, -0.1) is 0 Å². The van der Waals surface area contributed by atoms with Gasteiger partial charge < -0.3 is 9.47 Å². The molecular weight excluding hydrogens is 406 g/mol. The molecule has 0 spiro atoms. The van der Waals surface area contributed by atoms with Gasteiger partial charge in [0.2, 0.25) is 0 Å². The molecule has 0 fully saturated rings. The van der Waals surface area contributed by atoms with Crippen molar-refractivity contribution in [2.45, 2.75) is 11.8 Å². The van der Waals surface area contributed by atoms with Crippen molar-refractivity contribution in [2.75, 3.05) is 18.9 Å². The summed E-state index contributed by atoms with van der Waals surface area (Å²) in [5.74, 6) is 0.387. The smallest absolute Gasteiger partial charge is 0.265 e. The number of benzene rings is 2. The number of anilines is 1. The van der Waals surface area contributed by atoms with E-state index in [1.54, 1.807) is 12.1 Å². The molecule has 0 radical (unpaired) electrons. The lowest BCUT2D eigenvalue weighted by molar-refractivity contribution is 0.392. The Hall–Kier alpha value is -1.44. The Labute approximate surface area is 148 Å². The zero-order valence-electron chi connectivity index (χ0n) is 12.7. The highest BCUT2D eigenvalue weighted by Crippen LogP contribution is 2.36. The number of rotatable bonds is 5. The van der Waals surface area contributed by atoms with Crippen LogP contribution >= 0.6 is 27.5 Å². The molecule has 0 saturated carbocycles. The van der Waals surface area contributed by atoms with Crippen LogP contribution in [0.1, 0.15) is 5.56 Å². The quantitative estimate of drug-likeness (QED) is 0.786. The third kappa shape index (κ3) is 3.91. The van der Waals surface area contributed by atoms with E-state index in [2.05, 4.69) is 20.7 Å². The number of nitrogens with one attached hydrogen (secondary N) is 1. The van der Waals surface area contributed by atoms with Crippen molar-refractivity contribution in [3.05, 3.63) is 45.4 Å². The predicted molar refractivity (Wildman–Crippen MR) is 94.2 cm³/mol. The van der Waals surface area contributed by atoms with Crippen LogP contribution in [-0.4, -0.2) is 22.6 Å². The summed E-state index contributed by atoms with van der Waals surface area (Å²) in [7, 11) is -1.08. The van der Waals surface area contributed by atoms with Gasteiger partial charge in [-0.2, -0.15) is 0 Å². The van der Waals surface area contributed by atoms with E-state index < -0.39 is 10.0 Å². The molecular formula is C15H15BrClNO4S. The van der Waals surface area contributed by atoms with Crippen molar-refractivity contribution in [3.8, 4) is 11.5 Å². The SMILES string of the molecule is COc1cc(S(=O)(=O)Nc2ccc(Br)cc2C)c(OC)cc1Cl. The second kappa shape index (κ2) is 6.98. The molecule has 0 bridgehead atoms. The number of aryl methyl sites for hydroxylation is 1. The molecule has 0 heterocycles. The molecule has 2 aromatic rings. The highest BCUT2D eigenvalue weighted by molar-refractivity contribution is 9.10. The Morgan fingerprint density at radius 1 is 1.09 bits per heavy atom. The average Bonchev–Trinajstić information content (AvgIpc) is 2.49. The standard InChI is InChI=1S/C15H15BrClNO4S/c1-9-6-10(16)4-5-12(9)18-23(19,20)15-8-13(21-2)11(17)7-14(15)22-3/h4-8,18H,1-3H3. The van der Waals surface area contributed by atoms with Crippen molar-refractivity contribution in [3.63, 3.8) is 0 Å². The van der Waals surface area contributed by atoms with Crippen molar-refractivity contribution >= 4 is 43.2 Å². The molecule has 0 aliphatic rings. The molecule has 5 nitrogen and oxygen atoms in total. The van der Waals surface area contributed by atoms with E-state index in [9.17, 15) is 8.42 Å². The van der Waals surface area contributed by atoms with Gasteiger partial charge in [0, 0.05) is 16.6 Å². The van der Waals surface area contributed by atoms with Crippen LogP contribution in [0, 0.1) is 6.92 Å². The fourth-order valence-corrected chi connectivity index (χ4v) is 3.99. The van der Waals surface area contributed by atoms with Crippen molar-refractivity contribution in [2.24, 2.45) is 0 Å². The number of methoxy groups -OCH3 is 2. The van der Waals surface area contributed by atoms with Crippen LogP contribution < -0.4 is 14.2 Å². The van der Waals surface area contributed by atoms with Gasteiger partial charge in [0.25, 0.3) is 10.0 Å². The van der Waals surface area contributed by atoms with Crippen LogP contribution in [0.2, 0.25) is 5.02 Å². The van der Waals surface area contributed by atoms with Gasteiger partial charge >= 0.3 is 0 Å². The maximum absolute atomic E-state index is 12.7. The lowest BCUT2D eigenvalue weighted by Gasteiger charge is -2.15. The van der Waals surface area contributed by atoms with Gasteiger partial charge in [0.15, 0.2) is 0 Å². The molecule has 8 heteroatoms. The van der Waals surface area contributed by atoms with Gasteiger partial charge in [0.05, 0.1) is 24.9 Å². The fourth-order valence-electron chi connectivity index (χ4n) is 1.98. The van der Waals surface area contributed by atoms with Gasteiger partial charge in [-0.1, -0.05) is 27.5 Å². The van der Waals surface area contributed by atoms with Gasteiger partial charge in [-0.3, -0.25) is 4.72 Å². The van der Waals surface area contributed by atoms with Crippen LogP contribution in [-0.2, 0) is 10.0 Å². The Kier molecular flexibility index (Phi) is 5.44. The third-order valence-corrected chi connectivity index (χ3v) is 5.34. The van der Waals surface area contributed by atoms with Crippen LogP contribution in [0.4, 0.5) is 5.69 Å². The Morgan fingerprint density at radius 2 is 1.74 bits per heavy atom. The largest absolute Gasteiger partial charge is 0.495 e. The second-order valence-electron chi connectivity index (χ2n) is 4.70.